The van der Waals surface area contributed by atoms with Crippen LogP contribution in [0, 0.1) is 23.2 Å². The number of anilines is 1. The van der Waals surface area contributed by atoms with Crippen molar-refractivity contribution in [3.05, 3.63) is 23.8 Å². The van der Waals surface area contributed by atoms with Gasteiger partial charge in [-0.05, 0) is 30.2 Å². The van der Waals surface area contributed by atoms with Crippen LogP contribution in [0.5, 0.6) is 0 Å². The summed E-state index contributed by atoms with van der Waals surface area (Å²) >= 11 is 1.65. The van der Waals surface area contributed by atoms with Crippen LogP contribution in [0.15, 0.2) is 23.1 Å². The van der Waals surface area contributed by atoms with Gasteiger partial charge in [-0.1, -0.05) is 19.9 Å². The summed E-state index contributed by atoms with van der Waals surface area (Å²) in [6.45, 7) is 6.70. The molecule has 0 amide bonds. The van der Waals surface area contributed by atoms with Crippen LogP contribution in [0.2, 0.25) is 0 Å². The highest BCUT2D eigenvalue weighted by molar-refractivity contribution is 7.98. The molecule has 0 radical (unpaired) electrons. The molecule has 90 valence electrons. The Labute approximate surface area is 108 Å². The molecule has 1 aliphatic rings. The van der Waals surface area contributed by atoms with Crippen molar-refractivity contribution in [3.8, 4) is 6.07 Å². The lowest BCUT2D eigenvalue weighted by molar-refractivity contribution is 0.494. The number of rotatable bonds is 2. The molecule has 0 bridgehead atoms. The number of benzene rings is 1. The summed E-state index contributed by atoms with van der Waals surface area (Å²) in [5, 5.41) is 9.33. The van der Waals surface area contributed by atoms with E-state index in [-0.39, 0.29) is 0 Å². The average Bonchev–Trinajstić information content (AvgIpc) is 2.68. The van der Waals surface area contributed by atoms with Crippen molar-refractivity contribution < 1.29 is 0 Å². The molecule has 3 heteroatoms. The molecule has 0 aliphatic carbocycles. The molecule has 1 aromatic carbocycles. The normalized spacial score (nSPS) is 23.8. The van der Waals surface area contributed by atoms with Crippen LogP contribution in [-0.4, -0.2) is 19.3 Å². The maximum absolute atomic E-state index is 9.33. The van der Waals surface area contributed by atoms with Gasteiger partial charge in [-0.15, -0.1) is 11.8 Å². The molecule has 1 aromatic rings. The minimum atomic E-state index is 0.708. The quantitative estimate of drug-likeness (QED) is 0.749. The molecule has 1 saturated heterocycles. The summed E-state index contributed by atoms with van der Waals surface area (Å²) in [6, 6.07) is 8.51. The average molecular weight is 246 g/mol. The third-order valence-corrected chi connectivity index (χ3v) is 4.44. The minimum Gasteiger partial charge on any atom is -0.370 e. The zero-order chi connectivity index (χ0) is 12.4. The third kappa shape index (κ3) is 2.28. The van der Waals surface area contributed by atoms with Crippen LogP contribution in [0.4, 0.5) is 5.69 Å². The van der Waals surface area contributed by atoms with E-state index in [2.05, 4.69) is 36.9 Å². The summed E-state index contributed by atoms with van der Waals surface area (Å²) in [6.07, 6.45) is 2.02. The van der Waals surface area contributed by atoms with Crippen LogP contribution < -0.4 is 4.90 Å². The summed E-state index contributed by atoms with van der Waals surface area (Å²) in [4.78, 5) is 3.44. The Balaban J connectivity index is 2.37. The molecule has 2 atom stereocenters. The van der Waals surface area contributed by atoms with E-state index >= 15 is 0 Å². The topological polar surface area (TPSA) is 27.0 Å². The van der Waals surface area contributed by atoms with Gasteiger partial charge >= 0.3 is 0 Å². The highest BCUT2D eigenvalue weighted by Gasteiger charge is 2.27. The van der Waals surface area contributed by atoms with Crippen molar-refractivity contribution in [1.29, 1.82) is 5.26 Å². The second kappa shape index (κ2) is 5.01. The monoisotopic (exact) mass is 246 g/mol. The zero-order valence-corrected chi connectivity index (χ0v) is 11.4. The summed E-state index contributed by atoms with van der Waals surface area (Å²) in [5.74, 6) is 1.42. The highest BCUT2D eigenvalue weighted by atomic mass is 32.2. The first-order valence-corrected chi connectivity index (χ1v) is 7.22. The van der Waals surface area contributed by atoms with Crippen molar-refractivity contribution in [2.45, 2.75) is 18.7 Å². The largest absolute Gasteiger partial charge is 0.370 e. The van der Waals surface area contributed by atoms with Gasteiger partial charge in [0.15, 0.2) is 0 Å². The second-order valence-electron chi connectivity index (χ2n) is 4.83. The number of nitrogens with zero attached hydrogens (tertiary/aromatic N) is 2. The number of nitriles is 1. The van der Waals surface area contributed by atoms with E-state index in [0.29, 0.717) is 11.8 Å². The smallest absolute Gasteiger partial charge is 0.103 e. The molecule has 1 heterocycles. The van der Waals surface area contributed by atoms with Crippen molar-refractivity contribution in [3.63, 3.8) is 0 Å². The lowest BCUT2D eigenvalue weighted by atomic mass is 10.0. The van der Waals surface area contributed by atoms with Crippen molar-refractivity contribution in [1.82, 2.24) is 0 Å². The van der Waals surface area contributed by atoms with Crippen LogP contribution in [-0.2, 0) is 0 Å². The Kier molecular flexibility index (Phi) is 3.63. The first-order valence-electron chi connectivity index (χ1n) is 5.99. The Morgan fingerprint density at radius 2 is 1.94 bits per heavy atom. The molecule has 0 N–H and O–H groups in total. The molecule has 1 fully saturated rings. The Morgan fingerprint density at radius 1 is 1.29 bits per heavy atom. The standard InChI is InChI=1S/C14H18N2S/c1-10-8-16(9-11(10)2)13-5-4-6-14(17-3)12(13)7-15/h4-6,10-11H,8-9H2,1-3H3. The van der Waals surface area contributed by atoms with Gasteiger partial charge < -0.3 is 4.90 Å². The second-order valence-corrected chi connectivity index (χ2v) is 5.67. The van der Waals surface area contributed by atoms with Crippen molar-refractivity contribution >= 4 is 17.4 Å². The van der Waals surface area contributed by atoms with E-state index in [0.717, 1.165) is 29.2 Å². The van der Waals surface area contributed by atoms with Gasteiger partial charge in [0.1, 0.15) is 6.07 Å². The molecule has 0 aromatic heterocycles. The van der Waals surface area contributed by atoms with Crippen molar-refractivity contribution in [2.24, 2.45) is 11.8 Å². The van der Waals surface area contributed by atoms with E-state index in [1.165, 1.54) is 0 Å². The van der Waals surface area contributed by atoms with Gasteiger partial charge in [-0.2, -0.15) is 5.26 Å². The lowest BCUT2D eigenvalue weighted by Crippen LogP contribution is -2.20. The molecule has 0 spiro atoms. The minimum absolute atomic E-state index is 0.708. The molecule has 2 unspecified atom stereocenters. The van der Waals surface area contributed by atoms with E-state index in [9.17, 15) is 5.26 Å². The summed E-state index contributed by atoms with van der Waals surface area (Å²) in [7, 11) is 0. The maximum atomic E-state index is 9.33. The predicted octanol–water partition coefficient (Wildman–Crippen LogP) is 3.37. The van der Waals surface area contributed by atoms with Gasteiger partial charge in [0.05, 0.1) is 11.3 Å². The van der Waals surface area contributed by atoms with Crippen LogP contribution in [0.3, 0.4) is 0 Å². The van der Waals surface area contributed by atoms with Crippen LogP contribution >= 0.6 is 11.8 Å². The number of hydrogen-bond donors (Lipinski definition) is 0. The predicted molar refractivity (Wildman–Crippen MR) is 73.5 cm³/mol. The SMILES string of the molecule is CSc1cccc(N2CC(C)C(C)C2)c1C#N. The molecule has 0 saturated carbocycles. The van der Waals surface area contributed by atoms with Crippen LogP contribution in [0.25, 0.3) is 0 Å². The van der Waals surface area contributed by atoms with E-state index in [4.69, 9.17) is 0 Å². The highest BCUT2D eigenvalue weighted by Crippen LogP contribution is 2.33. The van der Waals surface area contributed by atoms with E-state index < -0.39 is 0 Å². The van der Waals surface area contributed by atoms with Crippen molar-refractivity contribution in [2.75, 3.05) is 24.2 Å². The van der Waals surface area contributed by atoms with E-state index in [1.807, 2.05) is 12.3 Å². The Morgan fingerprint density at radius 3 is 2.47 bits per heavy atom. The first kappa shape index (κ1) is 12.3. The van der Waals surface area contributed by atoms with Crippen LogP contribution in [0.1, 0.15) is 19.4 Å². The van der Waals surface area contributed by atoms with Gasteiger partial charge in [0.25, 0.3) is 0 Å². The number of hydrogen-bond acceptors (Lipinski definition) is 3. The molecule has 2 rings (SSSR count). The Hall–Kier alpha value is -1.14. The molecular weight excluding hydrogens is 228 g/mol. The fourth-order valence-electron chi connectivity index (χ4n) is 2.39. The molecular formula is C14H18N2S. The zero-order valence-electron chi connectivity index (χ0n) is 10.6. The van der Waals surface area contributed by atoms with E-state index in [1.54, 1.807) is 11.8 Å². The summed E-state index contributed by atoms with van der Waals surface area (Å²) < 4.78 is 0. The first-order chi connectivity index (χ1) is 8.17. The lowest BCUT2D eigenvalue weighted by Gasteiger charge is -2.20. The fourth-order valence-corrected chi connectivity index (χ4v) is 2.96. The summed E-state index contributed by atoms with van der Waals surface area (Å²) in [5.41, 5.74) is 1.94. The number of thioether (sulfide) groups is 1. The van der Waals surface area contributed by atoms with Gasteiger partial charge in [-0.25, -0.2) is 0 Å². The fraction of sp³-hybridized carbons (Fsp3) is 0.500. The third-order valence-electron chi connectivity index (χ3n) is 3.66. The van der Waals surface area contributed by atoms with Gasteiger partial charge in [0, 0.05) is 18.0 Å². The molecule has 1 aliphatic heterocycles. The molecule has 17 heavy (non-hydrogen) atoms. The molecule has 2 nitrogen and oxygen atoms in total. The van der Waals surface area contributed by atoms with Gasteiger partial charge in [-0.3, -0.25) is 0 Å². The Bertz CT molecular complexity index is 440. The maximum Gasteiger partial charge on any atom is 0.103 e. The van der Waals surface area contributed by atoms with Gasteiger partial charge in [0.2, 0.25) is 0 Å².